The van der Waals surface area contributed by atoms with Crippen molar-refractivity contribution in [1.82, 2.24) is 10.2 Å². The van der Waals surface area contributed by atoms with E-state index < -0.39 is 0 Å². The van der Waals surface area contributed by atoms with Crippen LogP contribution in [0.2, 0.25) is 0 Å². The van der Waals surface area contributed by atoms with E-state index in [0.29, 0.717) is 29.9 Å². The van der Waals surface area contributed by atoms with Crippen LogP contribution in [0.3, 0.4) is 0 Å². The highest BCUT2D eigenvalue weighted by atomic mass is 16.5. The molecule has 1 aliphatic rings. The van der Waals surface area contributed by atoms with Gasteiger partial charge in [0, 0.05) is 56.3 Å². The minimum absolute atomic E-state index is 0.244. The molecule has 0 radical (unpaired) electrons. The Labute approximate surface area is 224 Å². The van der Waals surface area contributed by atoms with Gasteiger partial charge in [0.1, 0.15) is 29.1 Å². The first kappa shape index (κ1) is 28.9. The van der Waals surface area contributed by atoms with Crippen LogP contribution in [0.5, 0.6) is 11.5 Å². The Morgan fingerprint density at radius 2 is 1.95 bits per heavy atom. The number of carbonyl (C=O) groups excluding carboxylic acids is 1. The number of phenols is 1. The molecule has 8 heteroatoms. The Bertz CT molecular complexity index is 1310. The SMILES string of the molecule is CC(C)=CCc1cc(C=O)ccc1O.CNc1cc2ccc(OCCCN3CCNCC3)c(C)c2oc1=O. The van der Waals surface area contributed by atoms with Crippen molar-refractivity contribution in [2.45, 2.75) is 33.6 Å². The first-order chi connectivity index (χ1) is 18.3. The molecule has 1 aromatic heterocycles. The van der Waals surface area contributed by atoms with Crippen LogP contribution in [-0.4, -0.2) is 62.7 Å². The molecule has 2 aromatic carbocycles. The first-order valence-corrected chi connectivity index (χ1v) is 13.0. The van der Waals surface area contributed by atoms with Gasteiger partial charge in [0.2, 0.25) is 0 Å². The Kier molecular flexibility index (Phi) is 10.9. The summed E-state index contributed by atoms with van der Waals surface area (Å²) in [6, 6.07) is 10.6. The van der Waals surface area contributed by atoms with Crippen molar-refractivity contribution in [1.29, 1.82) is 0 Å². The standard InChI is InChI=1S/C18H25N3O3.C12H14O2/c1-13-16(23-11-3-8-21-9-6-20-7-10-21)5-4-14-12-15(19-2)18(22)24-17(13)14;1-9(2)3-5-11-7-10(8-13)4-6-12(11)14/h4-5,12,19-20H,3,6-11H2,1-2H3;3-4,6-8,14H,5H2,1-2H3. The van der Waals surface area contributed by atoms with E-state index in [1.807, 2.05) is 45.0 Å². The largest absolute Gasteiger partial charge is 0.508 e. The molecule has 0 aliphatic carbocycles. The Morgan fingerprint density at radius 3 is 2.63 bits per heavy atom. The van der Waals surface area contributed by atoms with E-state index in [1.54, 1.807) is 25.2 Å². The quantitative estimate of drug-likeness (QED) is 0.163. The number of phenolic OH excluding ortho intramolecular Hbond substituents is 1. The second-order valence-corrected chi connectivity index (χ2v) is 9.59. The summed E-state index contributed by atoms with van der Waals surface area (Å²) in [5.41, 5.74) is 4.15. The van der Waals surface area contributed by atoms with Crippen LogP contribution in [0.25, 0.3) is 11.0 Å². The number of fused-ring (bicyclic) bond motifs is 1. The fraction of sp³-hybridized carbons (Fsp3) is 0.400. The van der Waals surface area contributed by atoms with Gasteiger partial charge in [-0.25, -0.2) is 4.79 Å². The summed E-state index contributed by atoms with van der Waals surface area (Å²) in [5, 5.41) is 16.6. The maximum atomic E-state index is 11.9. The van der Waals surface area contributed by atoms with Crippen LogP contribution in [0.15, 0.2) is 57.3 Å². The zero-order valence-corrected chi connectivity index (χ0v) is 22.8. The number of benzene rings is 2. The minimum atomic E-state index is -0.357. The van der Waals surface area contributed by atoms with Crippen LogP contribution < -0.4 is 21.0 Å². The summed E-state index contributed by atoms with van der Waals surface area (Å²) in [6.07, 6.45) is 4.45. The normalized spacial score (nSPS) is 13.4. The first-order valence-electron chi connectivity index (χ1n) is 13.0. The van der Waals surface area contributed by atoms with E-state index in [1.165, 1.54) is 5.57 Å². The lowest BCUT2D eigenvalue weighted by Crippen LogP contribution is -2.43. The molecule has 1 saturated heterocycles. The van der Waals surface area contributed by atoms with Crippen molar-refractivity contribution in [2.75, 3.05) is 51.7 Å². The number of aldehydes is 1. The molecule has 0 bridgehead atoms. The molecule has 0 spiro atoms. The second kappa shape index (κ2) is 14.4. The number of carbonyl (C=O) groups is 1. The minimum Gasteiger partial charge on any atom is -0.508 e. The number of rotatable bonds is 9. The van der Waals surface area contributed by atoms with Crippen molar-refractivity contribution in [3.05, 3.63) is 75.2 Å². The highest BCUT2D eigenvalue weighted by Gasteiger charge is 2.12. The highest BCUT2D eigenvalue weighted by molar-refractivity contribution is 5.84. The van der Waals surface area contributed by atoms with Gasteiger partial charge >= 0.3 is 5.63 Å². The van der Waals surface area contributed by atoms with Crippen molar-refractivity contribution in [3.8, 4) is 11.5 Å². The molecule has 0 saturated carbocycles. The molecule has 1 aliphatic heterocycles. The monoisotopic (exact) mass is 521 g/mol. The number of aromatic hydroxyl groups is 1. The van der Waals surface area contributed by atoms with Crippen LogP contribution in [0.1, 0.15) is 41.8 Å². The van der Waals surface area contributed by atoms with Gasteiger partial charge in [-0.3, -0.25) is 4.79 Å². The maximum Gasteiger partial charge on any atom is 0.359 e. The zero-order chi connectivity index (χ0) is 27.5. The molecule has 0 atom stereocenters. The van der Waals surface area contributed by atoms with Gasteiger partial charge in [-0.05, 0) is 75.6 Å². The Balaban J connectivity index is 0.000000244. The number of hydrogen-bond acceptors (Lipinski definition) is 8. The number of allylic oxidation sites excluding steroid dienone is 2. The van der Waals surface area contributed by atoms with E-state index in [9.17, 15) is 14.7 Å². The molecule has 204 valence electrons. The molecule has 1 fully saturated rings. The molecule has 4 rings (SSSR count). The van der Waals surface area contributed by atoms with Crippen molar-refractivity contribution < 1.29 is 19.1 Å². The van der Waals surface area contributed by atoms with E-state index >= 15 is 0 Å². The third kappa shape index (κ3) is 8.19. The Morgan fingerprint density at radius 1 is 1.18 bits per heavy atom. The molecular weight excluding hydrogens is 482 g/mol. The van der Waals surface area contributed by atoms with Gasteiger partial charge in [-0.2, -0.15) is 0 Å². The lowest BCUT2D eigenvalue weighted by Gasteiger charge is -2.27. The van der Waals surface area contributed by atoms with Crippen LogP contribution in [0.4, 0.5) is 5.69 Å². The average molecular weight is 522 g/mol. The van der Waals surface area contributed by atoms with Gasteiger partial charge in [0.25, 0.3) is 0 Å². The van der Waals surface area contributed by atoms with Crippen molar-refractivity contribution >= 4 is 22.9 Å². The van der Waals surface area contributed by atoms with Crippen LogP contribution >= 0.6 is 0 Å². The molecule has 3 aromatic rings. The number of anilines is 1. The average Bonchev–Trinajstić information content (AvgIpc) is 2.92. The predicted molar refractivity (Wildman–Crippen MR) is 153 cm³/mol. The van der Waals surface area contributed by atoms with Crippen LogP contribution in [0, 0.1) is 6.92 Å². The second-order valence-electron chi connectivity index (χ2n) is 9.59. The number of nitrogens with one attached hydrogen (secondary N) is 2. The zero-order valence-electron chi connectivity index (χ0n) is 22.8. The molecular formula is C30H39N3O5. The topological polar surface area (TPSA) is 104 Å². The van der Waals surface area contributed by atoms with Gasteiger partial charge < -0.3 is 29.8 Å². The number of piperazine rings is 1. The van der Waals surface area contributed by atoms with Crippen molar-refractivity contribution in [3.63, 3.8) is 0 Å². The lowest BCUT2D eigenvalue weighted by atomic mass is 10.1. The van der Waals surface area contributed by atoms with Gasteiger partial charge in [-0.15, -0.1) is 0 Å². The summed E-state index contributed by atoms with van der Waals surface area (Å²) in [4.78, 5) is 24.8. The summed E-state index contributed by atoms with van der Waals surface area (Å²) < 4.78 is 11.4. The number of nitrogens with zero attached hydrogens (tertiary/aromatic N) is 1. The summed E-state index contributed by atoms with van der Waals surface area (Å²) >= 11 is 0. The molecule has 0 unspecified atom stereocenters. The maximum absolute atomic E-state index is 11.9. The van der Waals surface area contributed by atoms with Gasteiger partial charge in [0.15, 0.2) is 0 Å². The Hall–Kier alpha value is -3.62. The molecule has 2 heterocycles. The van der Waals surface area contributed by atoms with Crippen LogP contribution in [-0.2, 0) is 6.42 Å². The number of ether oxygens (including phenoxy) is 1. The highest BCUT2D eigenvalue weighted by Crippen LogP contribution is 2.27. The smallest absolute Gasteiger partial charge is 0.359 e. The van der Waals surface area contributed by atoms with Crippen molar-refractivity contribution in [2.24, 2.45) is 0 Å². The molecule has 3 N–H and O–H groups in total. The van der Waals surface area contributed by atoms with E-state index in [4.69, 9.17) is 9.15 Å². The van der Waals surface area contributed by atoms with Gasteiger partial charge in [-0.1, -0.05) is 11.6 Å². The third-order valence-electron chi connectivity index (χ3n) is 6.43. The molecule has 8 nitrogen and oxygen atoms in total. The summed E-state index contributed by atoms with van der Waals surface area (Å²) in [5.74, 6) is 1.02. The fourth-order valence-electron chi connectivity index (χ4n) is 4.20. The molecule has 0 amide bonds. The van der Waals surface area contributed by atoms with E-state index in [2.05, 4.69) is 15.5 Å². The molecule has 38 heavy (non-hydrogen) atoms. The summed E-state index contributed by atoms with van der Waals surface area (Å²) in [6.45, 7) is 12.0. The fourth-order valence-corrected chi connectivity index (χ4v) is 4.20. The lowest BCUT2D eigenvalue weighted by molar-refractivity contribution is 0.112. The summed E-state index contributed by atoms with van der Waals surface area (Å²) in [7, 11) is 1.71. The number of hydrogen-bond donors (Lipinski definition) is 3. The van der Waals surface area contributed by atoms with E-state index in [-0.39, 0.29) is 11.4 Å². The predicted octanol–water partition coefficient (Wildman–Crippen LogP) is 4.53. The number of aryl methyl sites for hydroxylation is 1. The van der Waals surface area contributed by atoms with Gasteiger partial charge in [0.05, 0.1) is 6.61 Å². The third-order valence-corrected chi connectivity index (χ3v) is 6.43. The van der Waals surface area contributed by atoms with E-state index in [0.717, 1.165) is 67.7 Å².